The molecule has 21 heavy (non-hydrogen) atoms. The summed E-state index contributed by atoms with van der Waals surface area (Å²) in [5.41, 5.74) is -0.0277. The molecular weight excluding hydrogens is 281 g/mol. The van der Waals surface area contributed by atoms with Gasteiger partial charge in [-0.2, -0.15) is 13.2 Å². The number of pyridine rings is 1. The topological polar surface area (TPSA) is 34.1 Å². The molecule has 0 bridgehead atoms. The molecular formula is C15H19F3N2O. The number of anilines is 1. The number of alkyl halides is 3. The Morgan fingerprint density at radius 3 is 2.62 bits per heavy atom. The monoisotopic (exact) mass is 300 g/mol. The molecule has 0 aliphatic heterocycles. The van der Waals surface area contributed by atoms with Crippen LogP contribution in [0, 0.1) is 5.41 Å². The highest BCUT2D eigenvalue weighted by Gasteiger charge is 2.58. The highest BCUT2D eigenvalue weighted by Crippen LogP contribution is 2.58. The standard InChI is InChI=1S/C15H19F3N2O/c1-2-21-13-8-12(14(13)6-3-7-14)20-10-4-5-11(19-9-10)15(16,17)18/h4-5,9,12-13,20H,2-3,6-8H2,1H3. The number of halogens is 3. The first-order valence-electron chi connectivity index (χ1n) is 7.37. The lowest BCUT2D eigenvalue weighted by Crippen LogP contribution is -2.64. The molecule has 0 amide bonds. The summed E-state index contributed by atoms with van der Waals surface area (Å²) in [6.07, 6.45) is 1.54. The van der Waals surface area contributed by atoms with Crippen LogP contribution in [0.3, 0.4) is 0 Å². The fourth-order valence-corrected chi connectivity index (χ4v) is 3.49. The highest BCUT2D eigenvalue weighted by molar-refractivity contribution is 5.44. The first-order valence-corrected chi connectivity index (χ1v) is 7.37. The Balaban J connectivity index is 1.65. The number of hydrogen-bond donors (Lipinski definition) is 1. The van der Waals surface area contributed by atoms with E-state index in [-0.39, 0.29) is 17.6 Å². The minimum Gasteiger partial charge on any atom is -0.380 e. The summed E-state index contributed by atoms with van der Waals surface area (Å²) < 4.78 is 43.2. The van der Waals surface area contributed by atoms with Crippen molar-refractivity contribution in [2.45, 2.75) is 50.9 Å². The van der Waals surface area contributed by atoms with E-state index in [0.717, 1.165) is 25.3 Å². The van der Waals surface area contributed by atoms with Crippen LogP contribution in [0.25, 0.3) is 0 Å². The van der Waals surface area contributed by atoms with Gasteiger partial charge in [0, 0.05) is 18.1 Å². The minimum absolute atomic E-state index is 0.179. The third-order valence-corrected chi connectivity index (χ3v) is 4.83. The summed E-state index contributed by atoms with van der Waals surface area (Å²) in [7, 11) is 0. The van der Waals surface area contributed by atoms with Crippen LogP contribution in [-0.4, -0.2) is 23.7 Å². The molecule has 1 heterocycles. The van der Waals surface area contributed by atoms with E-state index in [0.29, 0.717) is 12.3 Å². The van der Waals surface area contributed by atoms with Gasteiger partial charge in [0.15, 0.2) is 0 Å². The fraction of sp³-hybridized carbons (Fsp3) is 0.667. The Labute approximate surface area is 121 Å². The summed E-state index contributed by atoms with van der Waals surface area (Å²) in [6.45, 7) is 2.70. The van der Waals surface area contributed by atoms with E-state index >= 15 is 0 Å². The molecule has 1 spiro atoms. The summed E-state index contributed by atoms with van der Waals surface area (Å²) in [5.74, 6) is 0. The lowest BCUT2D eigenvalue weighted by atomic mass is 9.51. The minimum atomic E-state index is -4.38. The summed E-state index contributed by atoms with van der Waals surface area (Å²) in [5, 5.41) is 3.33. The van der Waals surface area contributed by atoms with Crippen LogP contribution in [0.15, 0.2) is 18.3 Å². The van der Waals surface area contributed by atoms with E-state index < -0.39 is 11.9 Å². The van der Waals surface area contributed by atoms with Crippen LogP contribution in [0.2, 0.25) is 0 Å². The molecule has 1 aromatic heterocycles. The van der Waals surface area contributed by atoms with Crippen LogP contribution >= 0.6 is 0 Å². The maximum absolute atomic E-state index is 12.5. The van der Waals surface area contributed by atoms with Gasteiger partial charge in [-0.25, -0.2) is 4.98 Å². The second kappa shape index (κ2) is 5.16. The lowest BCUT2D eigenvalue weighted by molar-refractivity contribution is -0.157. The first-order chi connectivity index (χ1) is 9.95. The predicted molar refractivity (Wildman–Crippen MR) is 73.0 cm³/mol. The Kier molecular flexibility index (Phi) is 3.59. The van der Waals surface area contributed by atoms with Gasteiger partial charge >= 0.3 is 6.18 Å². The van der Waals surface area contributed by atoms with Crippen molar-refractivity contribution >= 4 is 5.69 Å². The Morgan fingerprint density at radius 2 is 2.14 bits per heavy atom. The van der Waals surface area contributed by atoms with Gasteiger partial charge in [-0.1, -0.05) is 6.42 Å². The average Bonchev–Trinajstić information content (AvgIpc) is 2.35. The van der Waals surface area contributed by atoms with Gasteiger partial charge in [0.1, 0.15) is 5.69 Å². The average molecular weight is 300 g/mol. The molecule has 0 saturated heterocycles. The van der Waals surface area contributed by atoms with Gasteiger partial charge in [0.25, 0.3) is 0 Å². The Hall–Kier alpha value is -1.30. The van der Waals surface area contributed by atoms with Crippen molar-refractivity contribution in [1.82, 2.24) is 4.98 Å². The zero-order valence-electron chi connectivity index (χ0n) is 11.9. The van der Waals surface area contributed by atoms with E-state index in [1.54, 1.807) is 0 Å². The summed E-state index contributed by atoms with van der Waals surface area (Å²) in [4.78, 5) is 3.49. The third-order valence-electron chi connectivity index (χ3n) is 4.83. The Bertz CT molecular complexity index is 497. The zero-order valence-corrected chi connectivity index (χ0v) is 11.9. The molecule has 0 radical (unpaired) electrons. The molecule has 6 heteroatoms. The van der Waals surface area contributed by atoms with E-state index in [9.17, 15) is 13.2 Å². The molecule has 1 N–H and O–H groups in total. The predicted octanol–water partition coefficient (Wildman–Crippen LogP) is 3.86. The van der Waals surface area contributed by atoms with Gasteiger partial charge in [0.05, 0.1) is 18.0 Å². The van der Waals surface area contributed by atoms with Crippen molar-refractivity contribution in [2.24, 2.45) is 5.41 Å². The number of hydrogen-bond acceptors (Lipinski definition) is 3. The van der Waals surface area contributed by atoms with Crippen LogP contribution < -0.4 is 5.32 Å². The quantitative estimate of drug-likeness (QED) is 0.917. The molecule has 1 aromatic rings. The molecule has 116 valence electrons. The van der Waals surface area contributed by atoms with E-state index in [1.165, 1.54) is 18.7 Å². The largest absolute Gasteiger partial charge is 0.433 e. The molecule has 0 aromatic carbocycles. The van der Waals surface area contributed by atoms with Gasteiger partial charge in [0.2, 0.25) is 0 Å². The summed E-state index contributed by atoms with van der Waals surface area (Å²) in [6, 6.07) is 2.76. The van der Waals surface area contributed by atoms with Crippen molar-refractivity contribution in [1.29, 1.82) is 0 Å². The molecule has 2 atom stereocenters. The fourth-order valence-electron chi connectivity index (χ4n) is 3.49. The van der Waals surface area contributed by atoms with Crippen molar-refractivity contribution in [3.05, 3.63) is 24.0 Å². The van der Waals surface area contributed by atoms with Gasteiger partial charge < -0.3 is 10.1 Å². The van der Waals surface area contributed by atoms with E-state index in [2.05, 4.69) is 10.3 Å². The molecule has 3 nitrogen and oxygen atoms in total. The van der Waals surface area contributed by atoms with Crippen molar-refractivity contribution < 1.29 is 17.9 Å². The maximum Gasteiger partial charge on any atom is 0.433 e. The molecule has 3 rings (SSSR count). The van der Waals surface area contributed by atoms with Crippen molar-refractivity contribution in [2.75, 3.05) is 11.9 Å². The smallest absolute Gasteiger partial charge is 0.380 e. The lowest BCUT2D eigenvalue weighted by Gasteiger charge is -2.61. The van der Waals surface area contributed by atoms with Gasteiger partial charge in [-0.05, 0) is 38.3 Å². The molecule has 2 aliphatic rings. The van der Waals surface area contributed by atoms with Crippen LogP contribution in [0.5, 0.6) is 0 Å². The van der Waals surface area contributed by atoms with Gasteiger partial charge in [-0.15, -0.1) is 0 Å². The normalized spacial score (nSPS) is 27.0. The van der Waals surface area contributed by atoms with Crippen LogP contribution in [0.1, 0.15) is 38.3 Å². The van der Waals surface area contributed by atoms with Gasteiger partial charge in [-0.3, -0.25) is 0 Å². The van der Waals surface area contributed by atoms with Crippen LogP contribution in [0.4, 0.5) is 18.9 Å². The molecule has 2 aliphatic carbocycles. The van der Waals surface area contributed by atoms with E-state index in [4.69, 9.17) is 4.74 Å². The maximum atomic E-state index is 12.5. The number of aromatic nitrogens is 1. The van der Waals surface area contributed by atoms with E-state index in [1.807, 2.05) is 6.92 Å². The summed E-state index contributed by atoms with van der Waals surface area (Å²) >= 11 is 0. The number of rotatable bonds is 4. The van der Waals surface area contributed by atoms with Crippen molar-refractivity contribution in [3.8, 4) is 0 Å². The highest BCUT2D eigenvalue weighted by atomic mass is 19.4. The molecule has 2 saturated carbocycles. The molecule has 2 fully saturated rings. The zero-order chi connectivity index (χ0) is 15.1. The van der Waals surface area contributed by atoms with Crippen molar-refractivity contribution in [3.63, 3.8) is 0 Å². The first kappa shape index (κ1) is 14.6. The number of nitrogens with one attached hydrogen (secondary N) is 1. The second-order valence-corrected chi connectivity index (χ2v) is 5.89. The molecule has 2 unspecified atom stereocenters. The number of nitrogens with zero attached hydrogens (tertiary/aromatic N) is 1. The number of ether oxygens (including phenoxy) is 1. The Morgan fingerprint density at radius 1 is 1.38 bits per heavy atom. The van der Waals surface area contributed by atoms with Crippen LogP contribution in [-0.2, 0) is 10.9 Å². The third kappa shape index (κ3) is 2.50. The SMILES string of the molecule is CCOC1CC(Nc2ccc(C(F)(F)F)nc2)C12CCC2. The second-order valence-electron chi connectivity index (χ2n) is 5.89.